The number of imidazole rings is 1. The first-order chi connectivity index (χ1) is 7.81. The molecule has 0 unspecified atom stereocenters. The number of allylic oxidation sites excluding steroid dienone is 1. The van der Waals surface area contributed by atoms with E-state index < -0.39 is 0 Å². The summed E-state index contributed by atoms with van der Waals surface area (Å²) < 4.78 is 3.26. The fourth-order valence-electron chi connectivity index (χ4n) is 1.60. The maximum absolute atomic E-state index is 11.8. The van der Waals surface area contributed by atoms with Crippen molar-refractivity contribution in [3.05, 3.63) is 64.8 Å². The van der Waals surface area contributed by atoms with Gasteiger partial charge in [0.05, 0.1) is 6.54 Å². The first kappa shape index (κ1) is 10.5. The van der Waals surface area contributed by atoms with Crippen LogP contribution in [0.3, 0.4) is 0 Å². The van der Waals surface area contributed by atoms with Crippen molar-refractivity contribution in [2.24, 2.45) is 0 Å². The molecule has 0 bridgehead atoms. The lowest BCUT2D eigenvalue weighted by Gasteiger charge is -2.00. The minimum atomic E-state index is -0.0121. The lowest BCUT2D eigenvalue weighted by molar-refractivity contribution is 0.749. The van der Waals surface area contributed by atoms with Gasteiger partial charge < -0.3 is 0 Å². The van der Waals surface area contributed by atoms with Gasteiger partial charge in [-0.05, 0) is 12.5 Å². The molecule has 3 heteroatoms. The molecule has 0 aliphatic carbocycles. The largest absolute Gasteiger partial charge is 0.332 e. The molecule has 0 saturated heterocycles. The molecule has 0 aliphatic rings. The third-order valence-electron chi connectivity index (χ3n) is 2.38. The van der Waals surface area contributed by atoms with Crippen LogP contribution in [-0.2, 0) is 6.54 Å². The van der Waals surface area contributed by atoms with Crippen molar-refractivity contribution in [1.82, 2.24) is 9.13 Å². The number of hydrogen-bond donors (Lipinski definition) is 0. The fraction of sp³-hybridized carbons (Fsp3) is 0.154. The predicted octanol–water partition coefficient (Wildman–Crippen LogP) is 2.19. The highest BCUT2D eigenvalue weighted by molar-refractivity contribution is 5.21. The van der Waals surface area contributed by atoms with Crippen molar-refractivity contribution in [3.63, 3.8) is 0 Å². The van der Waals surface area contributed by atoms with Gasteiger partial charge in [0, 0.05) is 18.6 Å². The Hall–Kier alpha value is -2.03. The number of benzene rings is 1. The van der Waals surface area contributed by atoms with Crippen LogP contribution in [0.25, 0.3) is 6.20 Å². The summed E-state index contributed by atoms with van der Waals surface area (Å²) in [5.74, 6) is 0. The van der Waals surface area contributed by atoms with E-state index in [9.17, 15) is 4.79 Å². The van der Waals surface area contributed by atoms with Gasteiger partial charge in [-0.2, -0.15) is 0 Å². The van der Waals surface area contributed by atoms with E-state index in [0.717, 1.165) is 5.56 Å². The van der Waals surface area contributed by atoms with Gasteiger partial charge in [0.25, 0.3) is 0 Å². The molecule has 2 rings (SSSR count). The molecule has 0 amide bonds. The summed E-state index contributed by atoms with van der Waals surface area (Å²) in [5.41, 5.74) is 1.12. The zero-order valence-corrected chi connectivity index (χ0v) is 9.21. The summed E-state index contributed by atoms with van der Waals surface area (Å²) in [6.07, 6.45) is 7.17. The van der Waals surface area contributed by atoms with Gasteiger partial charge in [-0.15, -0.1) is 0 Å². The molecular formula is C13H14N2O. The van der Waals surface area contributed by atoms with Crippen molar-refractivity contribution < 1.29 is 0 Å². The van der Waals surface area contributed by atoms with E-state index in [1.807, 2.05) is 43.3 Å². The van der Waals surface area contributed by atoms with E-state index >= 15 is 0 Å². The first-order valence-electron chi connectivity index (χ1n) is 5.25. The van der Waals surface area contributed by atoms with Gasteiger partial charge >= 0.3 is 5.69 Å². The molecule has 2 aromatic rings. The van der Waals surface area contributed by atoms with Crippen LogP contribution in [-0.4, -0.2) is 9.13 Å². The molecule has 0 spiro atoms. The molecule has 0 atom stereocenters. The average molecular weight is 214 g/mol. The Kier molecular flexibility index (Phi) is 3.05. The lowest BCUT2D eigenvalue weighted by atomic mass is 10.2. The molecule has 0 saturated carbocycles. The van der Waals surface area contributed by atoms with E-state index in [0.29, 0.717) is 6.54 Å². The molecule has 1 heterocycles. The Morgan fingerprint density at radius 1 is 1.19 bits per heavy atom. The van der Waals surface area contributed by atoms with Gasteiger partial charge in [0.2, 0.25) is 0 Å². The van der Waals surface area contributed by atoms with Crippen LogP contribution < -0.4 is 5.69 Å². The normalized spacial score (nSPS) is 11.1. The van der Waals surface area contributed by atoms with Crippen LogP contribution in [0, 0.1) is 0 Å². The van der Waals surface area contributed by atoms with Gasteiger partial charge in [-0.1, -0.05) is 36.4 Å². The van der Waals surface area contributed by atoms with E-state index in [1.165, 1.54) is 0 Å². The summed E-state index contributed by atoms with van der Waals surface area (Å²) in [6.45, 7) is 2.51. The smallest absolute Gasteiger partial charge is 0.295 e. The van der Waals surface area contributed by atoms with E-state index in [4.69, 9.17) is 0 Å². The molecule has 16 heavy (non-hydrogen) atoms. The minimum absolute atomic E-state index is 0.0121. The maximum atomic E-state index is 11.8. The summed E-state index contributed by atoms with van der Waals surface area (Å²) in [7, 11) is 0. The maximum Gasteiger partial charge on any atom is 0.332 e. The van der Waals surface area contributed by atoms with Gasteiger partial charge in [0.1, 0.15) is 0 Å². The van der Waals surface area contributed by atoms with E-state index in [2.05, 4.69) is 0 Å². The Bertz CT molecular complexity index is 535. The Morgan fingerprint density at radius 3 is 2.62 bits per heavy atom. The molecular weight excluding hydrogens is 200 g/mol. The second-order valence-corrected chi connectivity index (χ2v) is 3.58. The zero-order valence-electron chi connectivity index (χ0n) is 9.21. The number of aromatic nitrogens is 2. The van der Waals surface area contributed by atoms with Crippen molar-refractivity contribution in [2.75, 3.05) is 0 Å². The monoisotopic (exact) mass is 214 g/mol. The third-order valence-corrected chi connectivity index (χ3v) is 2.38. The Balaban J connectivity index is 2.26. The van der Waals surface area contributed by atoms with Crippen molar-refractivity contribution >= 4 is 6.20 Å². The van der Waals surface area contributed by atoms with Crippen LogP contribution in [0.2, 0.25) is 0 Å². The Morgan fingerprint density at radius 2 is 1.94 bits per heavy atom. The summed E-state index contributed by atoms with van der Waals surface area (Å²) in [4.78, 5) is 11.8. The summed E-state index contributed by atoms with van der Waals surface area (Å²) in [5, 5.41) is 0. The molecule has 1 aromatic carbocycles. The quantitative estimate of drug-likeness (QED) is 0.769. The fourth-order valence-corrected chi connectivity index (χ4v) is 1.60. The van der Waals surface area contributed by atoms with Crippen molar-refractivity contribution in [3.8, 4) is 0 Å². The SMILES string of the molecule is C/C=C/n1ccn(Cc2ccccc2)c1=O. The third kappa shape index (κ3) is 2.14. The molecule has 0 fully saturated rings. The summed E-state index contributed by atoms with van der Waals surface area (Å²) in [6, 6.07) is 9.95. The predicted molar refractivity (Wildman–Crippen MR) is 65.2 cm³/mol. The number of rotatable bonds is 3. The highest BCUT2D eigenvalue weighted by Gasteiger charge is 2.00. The molecule has 82 valence electrons. The van der Waals surface area contributed by atoms with Crippen LogP contribution >= 0.6 is 0 Å². The standard InChI is InChI=1S/C13H14N2O/c1-2-8-14-9-10-15(13(14)16)11-12-6-4-3-5-7-12/h2-10H,11H2,1H3/b8-2+. The number of nitrogens with zero attached hydrogens (tertiary/aromatic N) is 2. The van der Waals surface area contributed by atoms with Crippen LogP contribution in [0.1, 0.15) is 12.5 Å². The molecule has 1 aromatic heterocycles. The van der Waals surface area contributed by atoms with Gasteiger partial charge in [-0.3, -0.25) is 9.13 Å². The second kappa shape index (κ2) is 4.66. The van der Waals surface area contributed by atoms with Gasteiger partial charge in [-0.25, -0.2) is 4.79 Å². The highest BCUT2D eigenvalue weighted by Crippen LogP contribution is 2.00. The molecule has 0 radical (unpaired) electrons. The lowest BCUT2D eigenvalue weighted by Crippen LogP contribution is -2.21. The molecule has 0 aliphatic heterocycles. The van der Waals surface area contributed by atoms with Crippen molar-refractivity contribution in [2.45, 2.75) is 13.5 Å². The van der Waals surface area contributed by atoms with Crippen LogP contribution in [0.4, 0.5) is 0 Å². The van der Waals surface area contributed by atoms with Crippen LogP contribution in [0.15, 0.2) is 53.6 Å². The second-order valence-electron chi connectivity index (χ2n) is 3.58. The topological polar surface area (TPSA) is 26.9 Å². The van der Waals surface area contributed by atoms with E-state index in [1.54, 1.807) is 27.7 Å². The zero-order chi connectivity index (χ0) is 11.4. The Labute approximate surface area is 94.3 Å². The summed E-state index contributed by atoms with van der Waals surface area (Å²) >= 11 is 0. The van der Waals surface area contributed by atoms with E-state index in [-0.39, 0.29) is 5.69 Å². The highest BCUT2D eigenvalue weighted by atomic mass is 16.1. The first-order valence-corrected chi connectivity index (χ1v) is 5.25. The van der Waals surface area contributed by atoms with Gasteiger partial charge in [0.15, 0.2) is 0 Å². The average Bonchev–Trinajstić information content (AvgIpc) is 2.64. The minimum Gasteiger partial charge on any atom is -0.295 e. The number of hydrogen-bond acceptors (Lipinski definition) is 1. The van der Waals surface area contributed by atoms with Crippen LogP contribution in [0.5, 0.6) is 0 Å². The molecule has 0 N–H and O–H groups in total. The van der Waals surface area contributed by atoms with Crippen molar-refractivity contribution in [1.29, 1.82) is 0 Å². The molecule has 3 nitrogen and oxygen atoms in total.